The first-order valence-corrected chi connectivity index (χ1v) is 5.85. The van der Waals surface area contributed by atoms with E-state index in [0.717, 1.165) is 5.69 Å². The van der Waals surface area contributed by atoms with Crippen LogP contribution in [-0.4, -0.2) is 26.7 Å². The van der Waals surface area contributed by atoms with Gasteiger partial charge in [0.25, 0.3) is 0 Å². The Morgan fingerprint density at radius 3 is 2.28 bits per heavy atom. The van der Waals surface area contributed by atoms with E-state index >= 15 is 0 Å². The Bertz CT molecular complexity index is 475. The highest BCUT2D eigenvalue weighted by Crippen LogP contribution is 2.26. The molecule has 6 heteroatoms. The summed E-state index contributed by atoms with van der Waals surface area (Å²) in [5, 5.41) is 0. The first-order valence-electron chi connectivity index (χ1n) is 5.85. The summed E-state index contributed by atoms with van der Waals surface area (Å²) in [5.74, 6) is -0.153. The van der Waals surface area contributed by atoms with Crippen LogP contribution in [0.1, 0.15) is 25.4 Å². The van der Waals surface area contributed by atoms with Gasteiger partial charge >= 0.3 is 0 Å². The van der Waals surface area contributed by atoms with E-state index in [1.54, 1.807) is 26.8 Å². The van der Waals surface area contributed by atoms with Crippen LogP contribution < -0.4 is 5.73 Å². The topological polar surface area (TPSA) is 89.2 Å². The number of hydrogen-bond acceptors (Lipinski definition) is 5. The van der Waals surface area contributed by atoms with Crippen molar-refractivity contribution >= 4 is 17.6 Å². The van der Waals surface area contributed by atoms with E-state index < -0.39 is 0 Å². The van der Waals surface area contributed by atoms with Crippen molar-refractivity contribution in [3.05, 3.63) is 17.6 Å². The second-order valence-corrected chi connectivity index (χ2v) is 4.69. The maximum atomic E-state index is 11.9. The molecule has 2 amide bonds. The van der Waals surface area contributed by atoms with Gasteiger partial charge in [-0.15, -0.1) is 0 Å². The van der Waals surface area contributed by atoms with Crippen molar-refractivity contribution in [1.29, 1.82) is 0 Å². The predicted octanol–water partition coefficient (Wildman–Crippen LogP) is 0.508. The Morgan fingerprint density at radius 2 is 1.78 bits per heavy atom. The van der Waals surface area contributed by atoms with Crippen molar-refractivity contribution < 1.29 is 9.59 Å². The summed E-state index contributed by atoms with van der Waals surface area (Å²) >= 11 is 0. The molecule has 0 aromatic carbocycles. The summed E-state index contributed by atoms with van der Waals surface area (Å²) in [6, 6.07) is 1.64. The molecular formula is C12H16N4O2. The van der Waals surface area contributed by atoms with Crippen LogP contribution in [0.5, 0.6) is 0 Å². The molecule has 1 aliphatic heterocycles. The summed E-state index contributed by atoms with van der Waals surface area (Å²) in [5.41, 5.74) is 6.34. The van der Waals surface area contributed by atoms with E-state index in [1.807, 2.05) is 0 Å². The maximum absolute atomic E-state index is 11.9. The van der Waals surface area contributed by atoms with Crippen LogP contribution >= 0.6 is 0 Å². The summed E-state index contributed by atoms with van der Waals surface area (Å²) in [4.78, 5) is 33.3. The average Bonchev–Trinajstić information content (AvgIpc) is 2.46. The Morgan fingerprint density at radius 1 is 1.22 bits per heavy atom. The number of imide groups is 1. The van der Waals surface area contributed by atoms with Crippen LogP contribution in [0, 0.1) is 18.8 Å². The third kappa shape index (κ3) is 2.05. The van der Waals surface area contributed by atoms with Crippen LogP contribution in [0.3, 0.4) is 0 Å². The SMILES string of the molecule is Cc1cc(N)nc(CN2C(=O)C(C)C(C)C2=O)n1. The lowest BCUT2D eigenvalue weighted by Crippen LogP contribution is -2.31. The second kappa shape index (κ2) is 4.36. The summed E-state index contributed by atoms with van der Waals surface area (Å²) in [6.45, 7) is 5.41. The van der Waals surface area contributed by atoms with Gasteiger partial charge in [0.15, 0.2) is 5.82 Å². The number of nitrogen functional groups attached to an aromatic ring is 1. The molecule has 96 valence electrons. The number of nitrogens with two attached hydrogens (primary N) is 1. The zero-order valence-corrected chi connectivity index (χ0v) is 10.7. The van der Waals surface area contributed by atoms with E-state index in [9.17, 15) is 9.59 Å². The van der Waals surface area contributed by atoms with Gasteiger partial charge in [-0.3, -0.25) is 14.5 Å². The second-order valence-electron chi connectivity index (χ2n) is 4.69. The third-order valence-electron chi connectivity index (χ3n) is 3.28. The minimum atomic E-state index is -0.278. The summed E-state index contributed by atoms with van der Waals surface area (Å²) in [6.07, 6.45) is 0. The van der Waals surface area contributed by atoms with E-state index in [-0.39, 0.29) is 30.2 Å². The normalized spacial score (nSPS) is 23.8. The third-order valence-corrected chi connectivity index (χ3v) is 3.28. The summed E-state index contributed by atoms with van der Waals surface area (Å²) in [7, 11) is 0. The molecule has 0 spiro atoms. The highest BCUT2D eigenvalue weighted by atomic mass is 16.2. The highest BCUT2D eigenvalue weighted by molar-refractivity contribution is 6.04. The first kappa shape index (κ1) is 12.5. The molecule has 2 heterocycles. The smallest absolute Gasteiger partial charge is 0.233 e. The molecule has 2 N–H and O–H groups in total. The molecule has 2 unspecified atom stereocenters. The standard InChI is InChI=1S/C12H16N4O2/c1-6-4-9(13)15-10(14-6)5-16-11(17)7(2)8(3)12(16)18/h4,7-8H,5H2,1-3H3,(H2,13,14,15). The number of nitrogens with zero attached hydrogens (tertiary/aromatic N) is 3. The van der Waals surface area contributed by atoms with Gasteiger partial charge in [-0.05, 0) is 6.92 Å². The van der Waals surface area contributed by atoms with Gasteiger partial charge in [-0.25, -0.2) is 9.97 Å². The van der Waals surface area contributed by atoms with E-state index in [4.69, 9.17) is 5.73 Å². The summed E-state index contributed by atoms with van der Waals surface area (Å²) < 4.78 is 0. The largest absolute Gasteiger partial charge is 0.384 e. The fourth-order valence-electron chi connectivity index (χ4n) is 2.05. The van der Waals surface area contributed by atoms with Crippen molar-refractivity contribution in [1.82, 2.24) is 14.9 Å². The fourth-order valence-corrected chi connectivity index (χ4v) is 2.05. The van der Waals surface area contributed by atoms with E-state index in [2.05, 4.69) is 9.97 Å². The number of aryl methyl sites for hydroxylation is 1. The lowest BCUT2D eigenvalue weighted by molar-refractivity contribution is -0.140. The molecule has 0 radical (unpaired) electrons. The molecule has 0 saturated carbocycles. The molecule has 1 fully saturated rings. The minimum absolute atomic E-state index is 0.0955. The predicted molar refractivity (Wildman–Crippen MR) is 65.1 cm³/mol. The lowest BCUT2D eigenvalue weighted by atomic mass is 10.00. The molecule has 1 aliphatic rings. The van der Waals surface area contributed by atoms with Gasteiger partial charge < -0.3 is 5.73 Å². The Hall–Kier alpha value is -1.98. The number of rotatable bonds is 2. The van der Waals surface area contributed by atoms with Crippen LogP contribution in [0.15, 0.2) is 6.07 Å². The number of carbonyl (C=O) groups excluding carboxylic acids is 2. The molecule has 1 aromatic rings. The average molecular weight is 248 g/mol. The monoisotopic (exact) mass is 248 g/mol. The Kier molecular flexibility index (Phi) is 3.02. The number of carbonyl (C=O) groups is 2. The molecule has 2 rings (SSSR count). The molecule has 2 atom stereocenters. The number of likely N-dealkylation sites (tertiary alicyclic amines) is 1. The van der Waals surface area contributed by atoms with Crippen molar-refractivity contribution in [2.75, 3.05) is 5.73 Å². The molecule has 1 aromatic heterocycles. The fraction of sp³-hybridized carbons (Fsp3) is 0.500. The molecule has 6 nitrogen and oxygen atoms in total. The minimum Gasteiger partial charge on any atom is -0.384 e. The van der Waals surface area contributed by atoms with Crippen molar-refractivity contribution in [2.45, 2.75) is 27.3 Å². The zero-order chi connectivity index (χ0) is 13.4. The van der Waals surface area contributed by atoms with Gasteiger partial charge in [0.05, 0.1) is 6.54 Å². The maximum Gasteiger partial charge on any atom is 0.233 e. The quantitative estimate of drug-likeness (QED) is 0.770. The lowest BCUT2D eigenvalue weighted by Gasteiger charge is -2.13. The van der Waals surface area contributed by atoms with E-state index in [1.165, 1.54) is 4.90 Å². The molecule has 18 heavy (non-hydrogen) atoms. The van der Waals surface area contributed by atoms with Gasteiger partial charge in [0.2, 0.25) is 11.8 Å². The zero-order valence-electron chi connectivity index (χ0n) is 10.7. The van der Waals surface area contributed by atoms with Crippen LogP contribution in [-0.2, 0) is 16.1 Å². The molecular weight excluding hydrogens is 232 g/mol. The highest BCUT2D eigenvalue weighted by Gasteiger charge is 2.42. The van der Waals surface area contributed by atoms with Crippen LogP contribution in [0.25, 0.3) is 0 Å². The van der Waals surface area contributed by atoms with Gasteiger partial charge in [-0.1, -0.05) is 13.8 Å². The van der Waals surface area contributed by atoms with E-state index in [0.29, 0.717) is 11.6 Å². The number of anilines is 1. The van der Waals surface area contributed by atoms with Crippen molar-refractivity contribution in [3.8, 4) is 0 Å². The van der Waals surface area contributed by atoms with Gasteiger partial charge in [0, 0.05) is 23.6 Å². The first-order chi connectivity index (χ1) is 8.40. The van der Waals surface area contributed by atoms with Gasteiger partial charge in [-0.2, -0.15) is 0 Å². The van der Waals surface area contributed by atoms with Crippen LogP contribution in [0.2, 0.25) is 0 Å². The Balaban J connectivity index is 2.24. The molecule has 1 saturated heterocycles. The Labute approximate surface area is 105 Å². The van der Waals surface area contributed by atoms with Crippen LogP contribution in [0.4, 0.5) is 5.82 Å². The number of amides is 2. The number of aromatic nitrogens is 2. The van der Waals surface area contributed by atoms with Gasteiger partial charge in [0.1, 0.15) is 5.82 Å². The number of hydrogen-bond donors (Lipinski definition) is 1. The molecule has 0 bridgehead atoms. The van der Waals surface area contributed by atoms with Crippen molar-refractivity contribution in [3.63, 3.8) is 0 Å². The molecule has 0 aliphatic carbocycles. The van der Waals surface area contributed by atoms with Crippen molar-refractivity contribution in [2.24, 2.45) is 11.8 Å².